The molecule has 2 aliphatic heterocycles. The van der Waals surface area contributed by atoms with Crippen molar-refractivity contribution in [3.05, 3.63) is 29.3 Å². The van der Waals surface area contributed by atoms with Crippen molar-refractivity contribution in [2.75, 3.05) is 19.9 Å². The maximum atomic E-state index is 12.8. The van der Waals surface area contributed by atoms with Crippen LogP contribution >= 0.6 is 11.3 Å². The van der Waals surface area contributed by atoms with E-state index in [9.17, 15) is 14.7 Å². The smallest absolute Gasteiger partial charge is 0.306 e. The lowest BCUT2D eigenvalue weighted by molar-refractivity contribution is -0.145. The van der Waals surface area contributed by atoms with Crippen molar-refractivity contribution >= 4 is 23.2 Å². The van der Waals surface area contributed by atoms with Gasteiger partial charge in [0.15, 0.2) is 11.5 Å². The molecule has 0 saturated carbocycles. The summed E-state index contributed by atoms with van der Waals surface area (Å²) in [4.78, 5) is 30.6. The second kappa shape index (κ2) is 6.60. The summed E-state index contributed by atoms with van der Waals surface area (Å²) < 4.78 is 10.7. The Labute approximate surface area is 154 Å². The summed E-state index contributed by atoms with van der Waals surface area (Å²) in [6.45, 7) is 3.00. The highest BCUT2D eigenvalue weighted by molar-refractivity contribution is 7.16. The Kier molecular flexibility index (Phi) is 4.28. The molecule has 1 saturated heterocycles. The minimum absolute atomic E-state index is 0.0635. The monoisotopic (exact) mass is 374 g/mol. The molecule has 1 aromatic heterocycles. The van der Waals surface area contributed by atoms with E-state index < -0.39 is 5.97 Å². The van der Waals surface area contributed by atoms with Crippen LogP contribution in [0.4, 0.5) is 0 Å². The van der Waals surface area contributed by atoms with Crippen LogP contribution in [-0.2, 0) is 4.79 Å². The van der Waals surface area contributed by atoms with Gasteiger partial charge in [0.1, 0.15) is 9.88 Å². The van der Waals surface area contributed by atoms with Gasteiger partial charge >= 0.3 is 5.97 Å². The second-order valence-electron chi connectivity index (χ2n) is 6.56. The molecule has 2 aromatic rings. The van der Waals surface area contributed by atoms with Crippen molar-refractivity contribution in [1.29, 1.82) is 0 Å². The van der Waals surface area contributed by atoms with Crippen LogP contribution in [0.1, 0.15) is 23.0 Å². The largest absolute Gasteiger partial charge is 0.481 e. The Morgan fingerprint density at radius 1 is 1.31 bits per heavy atom. The summed E-state index contributed by atoms with van der Waals surface area (Å²) in [7, 11) is 0. The third-order valence-corrected chi connectivity index (χ3v) is 5.88. The van der Waals surface area contributed by atoms with Crippen molar-refractivity contribution in [1.82, 2.24) is 9.88 Å². The Hall–Kier alpha value is -2.61. The van der Waals surface area contributed by atoms with Crippen LogP contribution in [0, 0.1) is 11.8 Å². The van der Waals surface area contributed by atoms with Crippen LogP contribution in [0.15, 0.2) is 24.4 Å². The summed E-state index contributed by atoms with van der Waals surface area (Å²) in [6.07, 6.45) is 2.07. The number of benzene rings is 1. The zero-order valence-corrected chi connectivity index (χ0v) is 15.0. The van der Waals surface area contributed by atoms with Crippen LogP contribution in [0.2, 0.25) is 0 Å². The van der Waals surface area contributed by atoms with E-state index in [4.69, 9.17) is 9.47 Å². The predicted molar refractivity (Wildman–Crippen MR) is 94.5 cm³/mol. The van der Waals surface area contributed by atoms with E-state index in [1.54, 1.807) is 11.1 Å². The molecule has 2 unspecified atom stereocenters. The van der Waals surface area contributed by atoms with Crippen molar-refractivity contribution in [3.8, 4) is 22.1 Å². The Bertz CT molecular complexity index is 865. The number of thiazole rings is 1. The normalized spacial score (nSPS) is 21.7. The molecule has 0 bridgehead atoms. The number of amides is 1. The average molecular weight is 374 g/mol. The molecule has 136 valence electrons. The number of carbonyl (C=O) groups is 2. The SMILES string of the molecule is CC1CN(C(=O)c2cnc(-c3ccc4c(c3)OCO4)s2)CCC1C(=O)O. The van der Waals surface area contributed by atoms with E-state index in [0.717, 1.165) is 10.6 Å². The first-order chi connectivity index (χ1) is 12.5. The van der Waals surface area contributed by atoms with Gasteiger partial charge in [-0.25, -0.2) is 4.98 Å². The highest BCUT2D eigenvalue weighted by atomic mass is 32.1. The predicted octanol–water partition coefficient (Wildman–Crippen LogP) is 2.72. The number of nitrogens with zero attached hydrogens (tertiary/aromatic N) is 2. The molecule has 4 rings (SSSR count). The maximum absolute atomic E-state index is 12.8. The van der Waals surface area contributed by atoms with Crippen LogP contribution in [0.5, 0.6) is 11.5 Å². The van der Waals surface area contributed by atoms with Crippen LogP contribution in [0.3, 0.4) is 0 Å². The number of ether oxygens (including phenoxy) is 2. The molecule has 1 fully saturated rings. The number of likely N-dealkylation sites (tertiary alicyclic amines) is 1. The van der Waals surface area contributed by atoms with E-state index in [1.807, 2.05) is 25.1 Å². The molecule has 8 heteroatoms. The first-order valence-electron chi connectivity index (χ1n) is 8.41. The minimum atomic E-state index is -0.785. The molecule has 1 N–H and O–H groups in total. The van der Waals surface area contributed by atoms with Gasteiger partial charge in [-0.1, -0.05) is 6.92 Å². The number of fused-ring (bicyclic) bond motifs is 1. The van der Waals surface area contributed by atoms with Gasteiger partial charge in [0.25, 0.3) is 5.91 Å². The first-order valence-corrected chi connectivity index (χ1v) is 9.22. The highest BCUT2D eigenvalue weighted by Gasteiger charge is 2.33. The standard InChI is InChI=1S/C18H18N2O5S/c1-10-8-20(5-4-12(10)18(22)23)17(21)15-7-19-16(26-15)11-2-3-13-14(6-11)25-9-24-13/h2-3,6-7,10,12H,4-5,8-9H2,1H3,(H,22,23). The van der Waals surface area contributed by atoms with E-state index in [2.05, 4.69) is 4.98 Å². The Morgan fingerprint density at radius 3 is 2.88 bits per heavy atom. The van der Waals surface area contributed by atoms with Gasteiger partial charge in [0, 0.05) is 18.7 Å². The zero-order chi connectivity index (χ0) is 18.3. The van der Waals surface area contributed by atoms with Gasteiger partial charge < -0.3 is 19.5 Å². The summed E-state index contributed by atoms with van der Waals surface area (Å²) in [5.74, 6) is 0.0564. The van der Waals surface area contributed by atoms with Crippen LogP contribution in [-0.4, -0.2) is 46.7 Å². The number of carboxylic acid groups (broad SMARTS) is 1. The molecule has 1 aromatic carbocycles. The molecule has 2 aliphatic rings. The number of aromatic nitrogens is 1. The summed E-state index contributed by atoms with van der Waals surface area (Å²) in [6, 6.07) is 5.58. The second-order valence-corrected chi connectivity index (χ2v) is 7.59. The van der Waals surface area contributed by atoms with Gasteiger partial charge in [0.2, 0.25) is 6.79 Å². The lowest BCUT2D eigenvalue weighted by atomic mass is 9.87. The van der Waals surface area contributed by atoms with Crippen molar-refractivity contribution < 1.29 is 24.2 Å². The van der Waals surface area contributed by atoms with Crippen LogP contribution in [0.25, 0.3) is 10.6 Å². The third kappa shape index (κ3) is 3.01. The number of carboxylic acids is 1. The zero-order valence-electron chi connectivity index (χ0n) is 14.2. The fourth-order valence-corrected chi connectivity index (χ4v) is 4.27. The van der Waals surface area contributed by atoms with Crippen molar-refractivity contribution in [2.45, 2.75) is 13.3 Å². The number of hydrogen-bond donors (Lipinski definition) is 1. The van der Waals surface area contributed by atoms with E-state index >= 15 is 0 Å². The van der Waals surface area contributed by atoms with Gasteiger partial charge in [-0.15, -0.1) is 11.3 Å². The van der Waals surface area contributed by atoms with Crippen molar-refractivity contribution in [3.63, 3.8) is 0 Å². The lowest BCUT2D eigenvalue weighted by Gasteiger charge is -2.34. The average Bonchev–Trinajstić information content (AvgIpc) is 3.29. The van der Waals surface area contributed by atoms with E-state index in [1.165, 1.54) is 11.3 Å². The topological polar surface area (TPSA) is 89.0 Å². The highest BCUT2D eigenvalue weighted by Crippen LogP contribution is 2.37. The Balaban J connectivity index is 1.49. The minimum Gasteiger partial charge on any atom is -0.481 e. The summed E-state index contributed by atoms with van der Waals surface area (Å²) >= 11 is 1.33. The number of hydrogen-bond acceptors (Lipinski definition) is 6. The fraction of sp³-hybridized carbons (Fsp3) is 0.389. The molecule has 26 heavy (non-hydrogen) atoms. The van der Waals surface area contributed by atoms with Gasteiger partial charge in [-0.05, 0) is 30.5 Å². The van der Waals surface area contributed by atoms with E-state index in [0.29, 0.717) is 35.9 Å². The molecule has 0 spiro atoms. The number of aliphatic carboxylic acids is 1. The maximum Gasteiger partial charge on any atom is 0.306 e. The molecule has 0 aliphatic carbocycles. The number of piperidine rings is 1. The fourth-order valence-electron chi connectivity index (χ4n) is 3.39. The molecular weight excluding hydrogens is 356 g/mol. The molecule has 3 heterocycles. The van der Waals surface area contributed by atoms with Gasteiger partial charge in [-0.3, -0.25) is 9.59 Å². The Morgan fingerprint density at radius 2 is 2.12 bits per heavy atom. The molecular formula is C18H18N2O5S. The number of rotatable bonds is 3. The summed E-state index contributed by atoms with van der Waals surface area (Å²) in [5, 5.41) is 9.95. The quantitative estimate of drug-likeness (QED) is 0.889. The summed E-state index contributed by atoms with van der Waals surface area (Å²) in [5.41, 5.74) is 0.872. The first kappa shape index (κ1) is 16.8. The molecule has 1 amide bonds. The van der Waals surface area contributed by atoms with Gasteiger partial charge in [-0.2, -0.15) is 0 Å². The lowest BCUT2D eigenvalue weighted by Crippen LogP contribution is -2.44. The van der Waals surface area contributed by atoms with Crippen LogP contribution < -0.4 is 9.47 Å². The third-order valence-electron chi connectivity index (χ3n) is 4.85. The molecule has 2 atom stereocenters. The van der Waals surface area contributed by atoms with Gasteiger partial charge in [0.05, 0.1) is 12.1 Å². The van der Waals surface area contributed by atoms with E-state index in [-0.39, 0.29) is 24.5 Å². The molecule has 0 radical (unpaired) electrons. The number of carbonyl (C=O) groups excluding carboxylic acids is 1. The van der Waals surface area contributed by atoms with Crippen molar-refractivity contribution in [2.24, 2.45) is 11.8 Å². The molecule has 7 nitrogen and oxygen atoms in total.